The maximum Gasteiger partial charge on any atom is 0.280 e. The van der Waals surface area contributed by atoms with Crippen molar-refractivity contribution < 1.29 is 9.45 Å². The van der Waals surface area contributed by atoms with E-state index < -0.39 is 4.92 Å². The summed E-state index contributed by atoms with van der Waals surface area (Å²) in [5.41, 5.74) is 6.04. The van der Waals surface area contributed by atoms with Gasteiger partial charge in [0.25, 0.3) is 5.69 Å². The monoisotopic (exact) mass is 290 g/mol. The van der Waals surface area contributed by atoms with E-state index in [4.69, 9.17) is 10.3 Å². The topological polar surface area (TPSA) is 108 Å². The van der Waals surface area contributed by atoms with E-state index in [0.29, 0.717) is 23.9 Å². The lowest BCUT2D eigenvalue weighted by Gasteiger charge is -2.11. The molecule has 0 aliphatic heterocycles. The predicted octanol–water partition coefficient (Wildman–Crippen LogP) is 2.73. The Bertz CT molecular complexity index is 624. The molecule has 7 nitrogen and oxygen atoms in total. The van der Waals surface area contributed by atoms with Crippen LogP contribution in [0.3, 0.4) is 0 Å². The first-order valence-corrected chi connectivity index (χ1v) is 6.80. The standard InChI is InChI=1S/C14H18N4O3/c1-9(2)7-10(8-15)14-16-13(17-21-14)11-5-3-4-6-12(11)18(19)20/h3-6,9-10H,7-8,15H2,1-2H3. The number of rotatable bonds is 6. The zero-order valence-electron chi connectivity index (χ0n) is 12.0. The van der Waals surface area contributed by atoms with Gasteiger partial charge < -0.3 is 10.3 Å². The first-order chi connectivity index (χ1) is 10.0. The molecule has 112 valence electrons. The van der Waals surface area contributed by atoms with Gasteiger partial charge in [0.05, 0.1) is 10.8 Å². The van der Waals surface area contributed by atoms with Crippen molar-refractivity contribution in [1.82, 2.24) is 10.1 Å². The van der Waals surface area contributed by atoms with Gasteiger partial charge in [0, 0.05) is 12.6 Å². The van der Waals surface area contributed by atoms with Gasteiger partial charge in [-0.05, 0) is 18.4 Å². The van der Waals surface area contributed by atoms with Gasteiger partial charge in [0.1, 0.15) is 5.56 Å². The second-order valence-electron chi connectivity index (χ2n) is 5.29. The maximum absolute atomic E-state index is 11.0. The quantitative estimate of drug-likeness (QED) is 0.647. The Morgan fingerprint density at radius 2 is 2.10 bits per heavy atom. The molecule has 2 N–H and O–H groups in total. The van der Waals surface area contributed by atoms with Gasteiger partial charge >= 0.3 is 0 Å². The Hall–Kier alpha value is -2.28. The first-order valence-electron chi connectivity index (χ1n) is 6.80. The van der Waals surface area contributed by atoms with Crippen molar-refractivity contribution in [2.24, 2.45) is 11.7 Å². The van der Waals surface area contributed by atoms with Crippen molar-refractivity contribution in [2.45, 2.75) is 26.2 Å². The van der Waals surface area contributed by atoms with E-state index in [1.165, 1.54) is 6.07 Å². The highest BCUT2D eigenvalue weighted by Crippen LogP contribution is 2.29. The van der Waals surface area contributed by atoms with Crippen molar-refractivity contribution in [3.05, 3.63) is 40.3 Å². The van der Waals surface area contributed by atoms with E-state index in [0.717, 1.165) is 6.42 Å². The molecular weight excluding hydrogens is 272 g/mol. The lowest BCUT2D eigenvalue weighted by atomic mass is 9.97. The van der Waals surface area contributed by atoms with Crippen LogP contribution in [-0.4, -0.2) is 21.6 Å². The molecule has 0 saturated carbocycles. The molecule has 1 aromatic carbocycles. The lowest BCUT2D eigenvalue weighted by molar-refractivity contribution is -0.384. The summed E-state index contributed by atoms with van der Waals surface area (Å²) in [4.78, 5) is 14.9. The Labute approximate surface area is 122 Å². The number of benzene rings is 1. The molecular formula is C14H18N4O3. The van der Waals surface area contributed by atoms with Gasteiger partial charge in [-0.1, -0.05) is 31.1 Å². The molecule has 0 spiro atoms. The van der Waals surface area contributed by atoms with E-state index in [-0.39, 0.29) is 17.4 Å². The number of para-hydroxylation sites is 1. The minimum atomic E-state index is -0.458. The Morgan fingerprint density at radius 3 is 2.71 bits per heavy atom. The van der Waals surface area contributed by atoms with Gasteiger partial charge in [0.2, 0.25) is 11.7 Å². The number of nitrogens with two attached hydrogens (primary N) is 1. The summed E-state index contributed by atoms with van der Waals surface area (Å²) in [5, 5.41) is 14.9. The highest BCUT2D eigenvalue weighted by Gasteiger charge is 2.23. The minimum absolute atomic E-state index is 0.0333. The number of nitro benzene ring substituents is 1. The van der Waals surface area contributed by atoms with Crippen LogP contribution in [0.1, 0.15) is 32.1 Å². The second kappa shape index (κ2) is 6.45. The molecule has 1 aromatic heterocycles. The molecule has 2 aromatic rings. The molecule has 2 rings (SSSR count). The number of aromatic nitrogens is 2. The van der Waals surface area contributed by atoms with Crippen LogP contribution in [0.5, 0.6) is 0 Å². The second-order valence-corrected chi connectivity index (χ2v) is 5.29. The fourth-order valence-electron chi connectivity index (χ4n) is 2.20. The summed E-state index contributed by atoms with van der Waals surface area (Å²) in [6.07, 6.45) is 0.828. The molecule has 0 fully saturated rings. The minimum Gasteiger partial charge on any atom is -0.339 e. The zero-order chi connectivity index (χ0) is 15.4. The van der Waals surface area contributed by atoms with Crippen LogP contribution in [0.2, 0.25) is 0 Å². The fraction of sp³-hybridized carbons (Fsp3) is 0.429. The largest absolute Gasteiger partial charge is 0.339 e. The number of hydrogen-bond acceptors (Lipinski definition) is 6. The van der Waals surface area contributed by atoms with Crippen LogP contribution in [-0.2, 0) is 0 Å². The van der Waals surface area contributed by atoms with E-state index in [2.05, 4.69) is 24.0 Å². The van der Waals surface area contributed by atoms with Crippen LogP contribution in [0.25, 0.3) is 11.4 Å². The lowest BCUT2D eigenvalue weighted by Crippen LogP contribution is -2.15. The Morgan fingerprint density at radius 1 is 1.38 bits per heavy atom. The molecule has 0 aliphatic rings. The fourth-order valence-corrected chi connectivity index (χ4v) is 2.20. The highest BCUT2D eigenvalue weighted by molar-refractivity contribution is 5.67. The van der Waals surface area contributed by atoms with Crippen molar-refractivity contribution in [3.8, 4) is 11.4 Å². The third-order valence-corrected chi connectivity index (χ3v) is 3.17. The molecule has 1 heterocycles. The van der Waals surface area contributed by atoms with E-state index in [1.807, 2.05) is 0 Å². The molecule has 0 amide bonds. The molecule has 0 bridgehead atoms. The summed E-state index contributed by atoms with van der Waals surface area (Å²) in [5.74, 6) is 1.06. The maximum atomic E-state index is 11.0. The van der Waals surface area contributed by atoms with Crippen LogP contribution >= 0.6 is 0 Å². The highest BCUT2D eigenvalue weighted by atomic mass is 16.6. The summed E-state index contributed by atoms with van der Waals surface area (Å²) in [6, 6.07) is 6.32. The SMILES string of the molecule is CC(C)CC(CN)c1nc(-c2ccccc2[N+](=O)[O-])no1. The average Bonchev–Trinajstić information content (AvgIpc) is 2.94. The van der Waals surface area contributed by atoms with Crippen LogP contribution in [0.4, 0.5) is 5.69 Å². The first kappa shape index (κ1) is 15.1. The molecule has 1 atom stereocenters. The van der Waals surface area contributed by atoms with Crippen molar-refractivity contribution in [1.29, 1.82) is 0 Å². The number of nitro groups is 1. The molecule has 0 aliphatic carbocycles. The number of nitrogens with zero attached hydrogens (tertiary/aromatic N) is 3. The summed E-state index contributed by atoms with van der Waals surface area (Å²) < 4.78 is 5.24. The molecule has 21 heavy (non-hydrogen) atoms. The summed E-state index contributed by atoms with van der Waals surface area (Å²) >= 11 is 0. The van der Waals surface area contributed by atoms with Crippen molar-refractivity contribution >= 4 is 5.69 Å². The van der Waals surface area contributed by atoms with Crippen LogP contribution in [0, 0.1) is 16.0 Å². The molecule has 0 saturated heterocycles. The predicted molar refractivity (Wildman–Crippen MR) is 77.6 cm³/mol. The van der Waals surface area contributed by atoms with Gasteiger partial charge in [-0.25, -0.2) is 0 Å². The third kappa shape index (κ3) is 3.43. The number of hydrogen-bond donors (Lipinski definition) is 1. The smallest absolute Gasteiger partial charge is 0.280 e. The third-order valence-electron chi connectivity index (χ3n) is 3.17. The van der Waals surface area contributed by atoms with Gasteiger partial charge in [0.15, 0.2) is 0 Å². The van der Waals surface area contributed by atoms with Gasteiger partial charge in [-0.3, -0.25) is 10.1 Å². The van der Waals surface area contributed by atoms with E-state index in [9.17, 15) is 10.1 Å². The van der Waals surface area contributed by atoms with Gasteiger partial charge in [-0.2, -0.15) is 4.98 Å². The molecule has 7 heteroatoms. The van der Waals surface area contributed by atoms with Crippen LogP contribution in [0.15, 0.2) is 28.8 Å². The Kier molecular flexibility index (Phi) is 4.64. The van der Waals surface area contributed by atoms with Crippen molar-refractivity contribution in [2.75, 3.05) is 6.54 Å². The van der Waals surface area contributed by atoms with E-state index in [1.54, 1.807) is 18.2 Å². The Balaban J connectivity index is 2.34. The normalized spacial score (nSPS) is 12.6. The van der Waals surface area contributed by atoms with Crippen LogP contribution < -0.4 is 5.73 Å². The van der Waals surface area contributed by atoms with Crippen molar-refractivity contribution in [3.63, 3.8) is 0 Å². The van der Waals surface area contributed by atoms with E-state index >= 15 is 0 Å². The molecule has 0 radical (unpaired) electrons. The molecule has 1 unspecified atom stereocenters. The summed E-state index contributed by atoms with van der Waals surface area (Å²) in [7, 11) is 0. The summed E-state index contributed by atoms with van der Waals surface area (Å²) in [6.45, 7) is 4.57. The average molecular weight is 290 g/mol. The van der Waals surface area contributed by atoms with Gasteiger partial charge in [-0.15, -0.1) is 0 Å². The zero-order valence-corrected chi connectivity index (χ0v) is 12.0.